The lowest BCUT2D eigenvalue weighted by atomic mass is 9.86. The zero-order valence-corrected chi connectivity index (χ0v) is 11.5. The average Bonchev–Trinajstić information content (AvgIpc) is 2.38. The summed E-state index contributed by atoms with van der Waals surface area (Å²) in [5, 5.41) is 0. The predicted molar refractivity (Wildman–Crippen MR) is 72.2 cm³/mol. The zero-order valence-electron chi connectivity index (χ0n) is 11.5. The van der Waals surface area contributed by atoms with Crippen molar-refractivity contribution in [1.82, 2.24) is 14.7 Å². The minimum atomic E-state index is 0.257. The van der Waals surface area contributed by atoms with Crippen molar-refractivity contribution in [2.45, 2.75) is 25.3 Å². The van der Waals surface area contributed by atoms with E-state index < -0.39 is 0 Å². The maximum absolute atomic E-state index is 6.12. The Labute approximate surface area is 106 Å². The van der Waals surface area contributed by atoms with Crippen LogP contribution in [-0.4, -0.2) is 79.6 Å². The molecule has 0 aliphatic carbocycles. The first kappa shape index (κ1) is 13.3. The molecule has 2 saturated heterocycles. The Bertz CT molecular complexity index is 238. The third kappa shape index (κ3) is 2.81. The van der Waals surface area contributed by atoms with Crippen molar-refractivity contribution in [2.75, 3.05) is 59.4 Å². The third-order valence-electron chi connectivity index (χ3n) is 4.62. The Morgan fingerprint density at radius 3 is 2.35 bits per heavy atom. The van der Waals surface area contributed by atoms with E-state index in [9.17, 15) is 0 Å². The molecule has 17 heavy (non-hydrogen) atoms. The van der Waals surface area contributed by atoms with Crippen LogP contribution in [-0.2, 0) is 0 Å². The van der Waals surface area contributed by atoms with E-state index in [0.717, 1.165) is 13.1 Å². The Kier molecular flexibility index (Phi) is 4.42. The molecule has 2 heterocycles. The molecule has 100 valence electrons. The van der Waals surface area contributed by atoms with Crippen LogP contribution in [0, 0.1) is 0 Å². The fourth-order valence-corrected chi connectivity index (χ4v) is 3.43. The predicted octanol–water partition coefficient (Wildman–Crippen LogP) is 0.0470. The molecule has 0 amide bonds. The van der Waals surface area contributed by atoms with Crippen molar-refractivity contribution >= 4 is 0 Å². The second kappa shape index (κ2) is 5.65. The van der Waals surface area contributed by atoms with Crippen LogP contribution in [0.4, 0.5) is 0 Å². The molecule has 2 N–H and O–H groups in total. The van der Waals surface area contributed by atoms with Crippen molar-refractivity contribution in [3.05, 3.63) is 0 Å². The highest BCUT2D eigenvalue weighted by molar-refractivity contribution is 4.98. The monoisotopic (exact) mass is 240 g/mol. The largest absolute Gasteiger partial charge is 0.329 e. The summed E-state index contributed by atoms with van der Waals surface area (Å²) in [5.74, 6) is 0. The first-order valence-corrected chi connectivity index (χ1v) is 7.06. The molecule has 0 bridgehead atoms. The van der Waals surface area contributed by atoms with E-state index in [1.165, 1.54) is 52.1 Å². The number of likely N-dealkylation sites (tertiary alicyclic amines) is 1. The topological polar surface area (TPSA) is 35.7 Å². The standard InChI is InChI=1S/C13H28N4/c1-3-16-7-9-17(10-8-16)13(11-14)5-4-6-15(2)12-13/h3-12,14H2,1-2H3. The highest BCUT2D eigenvalue weighted by atomic mass is 15.3. The van der Waals surface area contributed by atoms with Crippen LogP contribution in [0.1, 0.15) is 19.8 Å². The maximum Gasteiger partial charge on any atom is 0.0459 e. The molecule has 4 heteroatoms. The Morgan fingerprint density at radius 2 is 1.82 bits per heavy atom. The Morgan fingerprint density at radius 1 is 1.12 bits per heavy atom. The van der Waals surface area contributed by atoms with Crippen molar-refractivity contribution in [2.24, 2.45) is 5.73 Å². The molecular formula is C13H28N4. The van der Waals surface area contributed by atoms with Crippen LogP contribution in [0.25, 0.3) is 0 Å². The van der Waals surface area contributed by atoms with Crippen LogP contribution >= 0.6 is 0 Å². The molecule has 2 aliphatic rings. The minimum absolute atomic E-state index is 0.257. The normalized spacial score (nSPS) is 34.1. The third-order valence-corrected chi connectivity index (χ3v) is 4.62. The Hall–Kier alpha value is -0.160. The lowest BCUT2D eigenvalue weighted by Gasteiger charge is -2.51. The molecule has 0 spiro atoms. The van der Waals surface area contributed by atoms with Gasteiger partial charge in [0.2, 0.25) is 0 Å². The molecule has 2 fully saturated rings. The van der Waals surface area contributed by atoms with Gasteiger partial charge in [0.25, 0.3) is 0 Å². The summed E-state index contributed by atoms with van der Waals surface area (Å²) < 4.78 is 0. The summed E-state index contributed by atoms with van der Waals surface area (Å²) in [7, 11) is 2.23. The van der Waals surface area contributed by atoms with E-state index in [0.29, 0.717) is 0 Å². The summed E-state index contributed by atoms with van der Waals surface area (Å²) >= 11 is 0. The molecule has 4 nitrogen and oxygen atoms in total. The summed E-state index contributed by atoms with van der Waals surface area (Å²) in [6, 6.07) is 0. The minimum Gasteiger partial charge on any atom is -0.329 e. The van der Waals surface area contributed by atoms with Gasteiger partial charge in [-0.25, -0.2) is 0 Å². The SMILES string of the molecule is CCN1CCN(C2(CN)CCCN(C)C2)CC1. The molecule has 0 aromatic carbocycles. The van der Waals surface area contributed by atoms with Crippen LogP contribution in [0.3, 0.4) is 0 Å². The lowest BCUT2D eigenvalue weighted by Crippen LogP contribution is -2.65. The summed E-state index contributed by atoms with van der Waals surface area (Å²) in [5.41, 5.74) is 6.37. The van der Waals surface area contributed by atoms with Gasteiger partial charge in [-0.15, -0.1) is 0 Å². The van der Waals surface area contributed by atoms with Gasteiger partial charge in [0.05, 0.1) is 0 Å². The number of hydrogen-bond donors (Lipinski definition) is 1. The smallest absolute Gasteiger partial charge is 0.0459 e. The van der Waals surface area contributed by atoms with Gasteiger partial charge in [0.1, 0.15) is 0 Å². The van der Waals surface area contributed by atoms with E-state index in [1.807, 2.05) is 0 Å². The number of hydrogen-bond acceptors (Lipinski definition) is 4. The second-order valence-corrected chi connectivity index (χ2v) is 5.69. The average molecular weight is 240 g/mol. The number of nitrogens with zero attached hydrogens (tertiary/aromatic N) is 3. The maximum atomic E-state index is 6.12. The van der Waals surface area contributed by atoms with E-state index >= 15 is 0 Å². The number of piperazine rings is 1. The van der Waals surface area contributed by atoms with Gasteiger partial charge < -0.3 is 15.5 Å². The highest BCUT2D eigenvalue weighted by Gasteiger charge is 2.39. The number of piperidine rings is 1. The van der Waals surface area contributed by atoms with Crippen LogP contribution < -0.4 is 5.73 Å². The molecule has 0 aromatic rings. The van der Waals surface area contributed by atoms with Crippen molar-refractivity contribution in [1.29, 1.82) is 0 Å². The first-order chi connectivity index (χ1) is 8.20. The Balaban J connectivity index is 1.98. The van der Waals surface area contributed by atoms with E-state index in [-0.39, 0.29) is 5.54 Å². The van der Waals surface area contributed by atoms with E-state index in [4.69, 9.17) is 5.73 Å². The number of likely N-dealkylation sites (N-methyl/N-ethyl adjacent to an activating group) is 2. The molecule has 2 aliphatic heterocycles. The molecule has 0 saturated carbocycles. The summed E-state index contributed by atoms with van der Waals surface area (Å²) in [6.45, 7) is 11.4. The van der Waals surface area contributed by atoms with Gasteiger partial charge in [0, 0.05) is 44.8 Å². The van der Waals surface area contributed by atoms with Crippen molar-refractivity contribution < 1.29 is 0 Å². The fraction of sp³-hybridized carbons (Fsp3) is 1.00. The molecular weight excluding hydrogens is 212 g/mol. The number of nitrogens with two attached hydrogens (primary N) is 1. The lowest BCUT2D eigenvalue weighted by molar-refractivity contribution is -0.00584. The molecule has 2 rings (SSSR count). The first-order valence-electron chi connectivity index (χ1n) is 7.06. The molecule has 1 unspecified atom stereocenters. The van der Waals surface area contributed by atoms with Crippen LogP contribution in [0.5, 0.6) is 0 Å². The van der Waals surface area contributed by atoms with E-state index in [1.54, 1.807) is 0 Å². The van der Waals surface area contributed by atoms with Crippen LogP contribution in [0.2, 0.25) is 0 Å². The van der Waals surface area contributed by atoms with Gasteiger partial charge in [-0.3, -0.25) is 4.90 Å². The zero-order chi connectivity index (χ0) is 12.3. The molecule has 1 atom stereocenters. The fourth-order valence-electron chi connectivity index (χ4n) is 3.43. The van der Waals surface area contributed by atoms with E-state index in [2.05, 4.69) is 28.7 Å². The van der Waals surface area contributed by atoms with Gasteiger partial charge in [0.15, 0.2) is 0 Å². The summed E-state index contributed by atoms with van der Waals surface area (Å²) in [6.07, 6.45) is 2.57. The highest BCUT2D eigenvalue weighted by Crippen LogP contribution is 2.27. The van der Waals surface area contributed by atoms with Gasteiger partial charge >= 0.3 is 0 Å². The van der Waals surface area contributed by atoms with Crippen molar-refractivity contribution in [3.63, 3.8) is 0 Å². The van der Waals surface area contributed by atoms with Gasteiger partial charge in [-0.1, -0.05) is 6.92 Å². The molecule has 0 radical (unpaired) electrons. The number of rotatable bonds is 3. The quantitative estimate of drug-likeness (QED) is 0.756. The second-order valence-electron chi connectivity index (χ2n) is 5.69. The van der Waals surface area contributed by atoms with Gasteiger partial charge in [-0.05, 0) is 33.0 Å². The van der Waals surface area contributed by atoms with Crippen molar-refractivity contribution in [3.8, 4) is 0 Å². The van der Waals surface area contributed by atoms with Crippen LogP contribution in [0.15, 0.2) is 0 Å². The summed E-state index contributed by atoms with van der Waals surface area (Å²) in [4.78, 5) is 7.64. The molecule has 0 aromatic heterocycles. The van der Waals surface area contributed by atoms with Gasteiger partial charge in [-0.2, -0.15) is 0 Å².